The van der Waals surface area contributed by atoms with Crippen LogP contribution in [0.4, 0.5) is 10.2 Å². The van der Waals surface area contributed by atoms with Gasteiger partial charge in [0.15, 0.2) is 5.82 Å². The number of carbonyl (C=O) groups excluding carboxylic acids is 1. The van der Waals surface area contributed by atoms with Crippen molar-refractivity contribution in [2.24, 2.45) is 5.92 Å². The fourth-order valence-electron chi connectivity index (χ4n) is 5.04. The monoisotopic (exact) mass is 512 g/mol. The van der Waals surface area contributed by atoms with Gasteiger partial charge in [0.2, 0.25) is 5.91 Å². The highest BCUT2D eigenvalue weighted by molar-refractivity contribution is 8.00. The molecule has 1 fully saturated rings. The third-order valence-corrected chi connectivity index (χ3v) is 8.09. The standard InChI is InChI=1S/C26H29FN4O4S/c1-35-17-10-19-18(8-9-28-23(19)20(27)11-17)25(34)24(33)14-2-4-15(5-3-14)29-12-16-6-7-21-26(30-16)31-22(32)13-36-21/h6-11,14-15,24-25,29,33-34H,2-5,12-13H2,1H3,(H,30,31,32)/t14-,15-,24-,25-/m1/s1. The van der Waals surface area contributed by atoms with Gasteiger partial charge in [-0.15, -0.1) is 11.8 Å². The van der Waals surface area contributed by atoms with Gasteiger partial charge in [-0.3, -0.25) is 9.78 Å². The molecule has 0 bridgehead atoms. The molecule has 1 saturated carbocycles. The van der Waals surface area contributed by atoms with E-state index in [1.807, 2.05) is 12.1 Å². The topological polar surface area (TPSA) is 117 Å². The number of aromatic nitrogens is 2. The van der Waals surface area contributed by atoms with Gasteiger partial charge in [0.1, 0.15) is 23.2 Å². The summed E-state index contributed by atoms with van der Waals surface area (Å²) in [5.74, 6) is 0.723. The summed E-state index contributed by atoms with van der Waals surface area (Å²) in [4.78, 5) is 21.3. The third kappa shape index (κ3) is 5.17. The number of thioether (sulfide) groups is 1. The van der Waals surface area contributed by atoms with E-state index in [2.05, 4.69) is 20.6 Å². The van der Waals surface area contributed by atoms with Crippen LogP contribution in [0, 0.1) is 11.7 Å². The number of amides is 1. The number of rotatable bonds is 7. The molecule has 2 aliphatic rings. The van der Waals surface area contributed by atoms with Crippen molar-refractivity contribution >= 4 is 34.4 Å². The van der Waals surface area contributed by atoms with Gasteiger partial charge in [-0.1, -0.05) is 0 Å². The van der Waals surface area contributed by atoms with Crippen molar-refractivity contribution in [1.29, 1.82) is 0 Å². The van der Waals surface area contributed by atoms with Crippen LogP contribution < -0.4 is 15.4 Å². The second kappa shape index (κ2) is 10.7. The summed E-state index contributed by atoms with van der Waals surface area (Å²) >= 11 is 1.49. The van der Waals surface area contributed by atoms with Gasteiger partial charge >= 0.3 is 0 Å². The first-order chi connectivity index (χ1) is 17.4. The van der Waals surface area contributed by atoms with E-state index < -0.39 is 18.0 Å². The molecular formula is C26H29FN4O4S. The van der Waals surface area contributed by atoms with Crippen molar-refractivity contribution in [2.45, 2.75) is 55.4 Å². The molecule has 8 nitrogen and oxygen atoms in total. The fraction of sp³-hybridized carbons (Fsp3) is 0.423. The predicted molar refractivity (Wildman–Crippen MR) is 135 cm³/mol. The summed E-state index contributed by atoms with van der Waals surface area (Å²) in [6.07, 6.45) is 2.51. The number of hydrogen-bond acceptors (Lipinski definition) is 8. The molecule has 1 aliphatic carbocycles. The van der Waals surface area contributed by atoms with E-state index in [-0.39, 0.29) is 23.4 Å². The number of pyridine rings is 2. The van der Waals surface area contributed by atoms with Crippen LogP contribution in [0.1, 0.15) is 43.0 Å². The Balaban J connectivity index is 1.19. The minimum absolute atomic E-state index is 0.0341. The molecule has 2 aromatic heterocycles. The van der Waals surface area contributed by atoms with Crippen LogP contribution in [0.25, 0.3) is 10.9 Å². The molecule has 3 aromatic rings. The number of fused-ring (bicyclic) bond motifs is 2. The summed E-state index contributed by atoms with van der Waals surface area (Å²) in [5.41, 5.74) is 1.44. The van der Waals surface area contributed by atoms with E-state index in [0.29, 0.717) is 34.8 Å². The van der Waals surface area contributed by atoms with Crippen LogP contribution in [0.5, 0.6) is 5.75 Å². The SMILES string of the molecule is COc1cc(F)c2nccc([C@@H](O)[C@H](O)[C@H]3CC[C@H](NCc4ccc5c(n4)NC(=O)CS5)CC3)c2c1. The summed E-state index contributed by atoms with van der Waals surface area (Å²) in [7, 11) is 1.45. The molecule has 2 atom stereocenters. The number of ether oxygens (including phenoxy) is 1. The summed E-state index contributed by atoms with van der Waals surface area (Å²) < 4.78 is 19.6. The zero-order valence-corrected chi connectivity index (χ0v) is 20.7. The number of carbonyl (C=O) groups is 1. The zero-order valence-electron chi connectivity index (χ0n) is 19.9. The normalized spacial score (nSPS) is 21.5. The maximum absolute atomic E-state index is 14.5. The largest absolute Gasteiger partial charge is 0.497 e. The number of benzene rings is 1. The van der Waals surface area contributed by atoms with E-state index in [0.717, 1.165) is 36.3 Å². The van der Waals surface area contributed by atoms with Gasteiger partial charge in [-0.25, -0.2) is 9.37 Å². The Morgan fingerprint density at radius 3 is 2.81 bits per heavy atom. The molecule has 0 saturated heterocycles. The lowest BCUT2D eigenvalue weighted by Gasteiger charge is -2.34. The lowest BCUT2D eigenvalue weighted by Crippen LogP contribution is -2.37. The number of nitrogens with zero attached hydrogens (tertiary/aromatic N) is 2. The van der Waals surface area contributed by atoms with Gasteiger partial charge in [-0.2, -0.15) is 0 Å². The Hall–Kier alpha value is -2.79. The van der Waals surface area contributed by atoms with Crippen LogP contribution >= 0.6 is 11.8 Å². The van der Waals surface area contributed by atoms with E-state index in [1.54, 1.807) is 12.1 Å². The molecule has 1 aliphatic heterocycles. The van der Waals surface area contributed by atoms with Gasteiger partial charge < -0.3 is 25.6 Å². The number of anilines is 1. The first-order valence-corrected chi connectivity index (χ1v) is 13.1. The summed E-state index contributed by atoms with van der Waals surface area (Å²) in [5, 5.41) is 28.8. The second-order valence-electron chi connectivity index (χ2n) is 9.32. The molecule has 190 valence electrons. The van der Waals surface area contributed by atoms with Crippen molar-refractivity contribution in [2.75, 3.05) is 18.2 Å². The Kier molecular flexibility index (Phi) is 7.38. The molecule has 4 N–H and O–H groups in total. The maximum Gasteiger partial charge on any atom is 0.235 e. The third-order valence-electron chi connectivity index (χ3n) is 7.04. The minimum atomic E-state index is -1.16. The van der Waals surface area contributed by atoms with Gasteiger partial charge in [0, 0.05) is 30.2 Å². The van der Waals surface area contributed by atoms with Gasteiger partial charge in [-0.05, 0) is 61.4 Å². The number of halogens is 1. The Morgan fingerprint density at radius 1 is 1.22 bits per heavy atom. The molecule has 10 heteroatoms. The van der Waals surface area contributed by atoms with Crippen molar-refractivity contribution in [1.82, 2.24) is 15.3 Å². The highest BCUT2D eigenvalue weighted by Gasteiger charge is 2.32. The predicted octanol–water partition coefficient (Wildman–Crippen LogP) is 3.56. The van der Waals surface area contributed by atoms with Crippen molar-refractivity contribution < 1.29 is 24.1 Å². The average molecular weight is 513 g/mol. The minimum Gasteiger partial charge on any atom is -0.497 e. The molecule has 3 heterocycles. The molecule has 36 heavy (non-hydrogen) atoms. The fourth-order valence-corrected chi connectivity index (χ4v) is 5.80. The Labute approximate surface area is 212 Å². The summed E-state index contributed by atoms with van der Waals surface area (Å²) in [6, 6.07) is 8.74. The lowest BCUT2D eigenvalue weighted by atomic mass is 9.79. The number of methoxy groups -OCH3 is 1. The van der Waals surface area contributed by atoms with Crippen molar-refractivity contribution in [3.63, 3.8) is 0 Å². The lowest BCUT2D eigenvalue weighted by molar-refractivity contribution is -0.113. The van der Waals surface area contributed by atoms with Gasteiger partial charge in [0.25, 0.3) is 0 Å². The van der Waals surface area contributed by atoms with Crippen LogP contribution in [-0.2, 0) is 11.3 Å². The first kappa shape index (κ1) is 24.9. The Bertz CT molecular complexity index is 1270. The van der Waals surface area contributed by atoms with Crippen LogP contribution in [0.3, 0.4) is 0 Å². The van der Waals surface area contributed by atoms with E-state index in [9.17, 15) is 19.4 Å². The number of aliphatic hydroxyl groups excluding tert-OH is 2. The highest BCUT2D eigenvalue weighted by atomic mass is 32.2. The maximum atomic E-state index is 14.5. The van der Waals surface area contributed by atoms with Crippen LogP contribution in [0.15, 0.2) is 41.4 Å². The average Bonchev–Trinajstić information content (AvgIpc) is 2.90. The molecule has 0 spiro atoms. The number of aliphatic hydroxyl groups is 2. The molecule has 0 unspecified atom stereocenters. The van der Waals surface area contributed by atoms with Crippen LogP contribution in [0.2, 0.25) is 0 Å². The highest BCUT2D eigenvalue weighted by Crippen LogP contribution is 2.36. The molecule has 1 amide bonds. The molecule has 0 radical (unpaired) electrons. The van der Waals surface area contributed by atoms with E-state index >= 15 is 0 Å². The van der Waals surface area contributed by atoms with Crippen molar-refractivity contribution in [3.8, 4) is 5.75 Å². The first-order valence-electron chi connectivity index (χ1n) is 12.1. The van der Waals surface area contributed by atoms with E-state index in [1.165, 1.54) is 31.1 Å². The number of hydrogen-bond donors (Lipinski definition) is 4. The van der Waals surface area contributed by atoms with E-state index in [4.69, 9.17) is 4.74 Å². The zero-order chi connectivity index (χ0) is 25.2. The smallest absolute Gasteiger partial charge is 0.235 e. The van der Waals surface area contributed by atoms with Crippen molar-refractivity contribution in [3.05, 3.63) is 53.6 Å². The Morgan fingerprint density at radius 2 is 2.03 bits per heavy atom. The summed E-state index contributed by atoms with van der Waals surface area (Å²) in [6.45, 7) is 0.588. The second-order valence-corrected chi connectivity index (χ2v) is 10.3. The van der Waals surface area contributed by atoms with Gasteiger partial charge in [0.05, 0.1) is 29.6 Å². The molecule has 5 rings (SSSR count). The quantitative estimate of drug-likeness (QED) is 0.380. The van der Waals surface area contributed by atoms with Crippen LogP contribution in [-0.4, -0.2) is 51.1 Å². The molecular weight excluding hydrogens is 483 g/mol. The molecule has 1 aromatic carbocycles. The number of nitrogens with one attached hydrogen (secondary N) is 2.